The van der Waals surface area contributed by atoms with Crippen molar-refractivity contribution in [3.05, 3.63) is 143 Å². The van der Waals surface area contributed by atoms with E-state index in [1.165, 1.54) is 58.8 Å². The van der Waals surface area contributed by atoms with E-state index in [4.69, 9.17) is 46.4 Å². The van der Waals surface area contributed by atoms with Crippen LogP contribution in [0.15, 0.2) is 76.1 Å². The van der Waals surface area contributed by atoms with Gasteiger partial charge in [0.05, 0.1) is 0 Å². The summed E-state index contributed by atoms with van der Waals surface area (Å²) in [5, 5.41) is 0. The molecule has 7 heteroatoms. The van der Waals surface area contributed by atoms with Crippen LogP contribution in [0, 0.1) is 0 Å². The number of hydrogen-bond acceptors (Lipinski definition) is 0. The average molecular weight is 977 g/mol. The fourth-order valence-corrected chi connectivity index (χ4v) is 18.5. The Morgan fingerprint density at radius 2 is 0.966 bits per heavy atom. The molecule has 0 N–H and O–H groups in total. The summed E-state index contributed by atoms with van der Waals surface area (Å²) < 4.78 is 4.65. The minimum absolute atomic E-state index is 0. The second-order valence-electron chi connectivity index (χ2n) is 20.1. The Morgan fingerprint density at radius 1 is 0.534 bits per heavy atom. The van der Waals surface area contributed by atoms with Crippen molar-refractivity contribution in [2.75, 3.05) is 0 Å². The normalized spacial score (nSPS) is 13.6. The number of benzene rings is 4. The van der Waals surface area contributed by atoms with Gasteiger partial charge in [-0.3, -0.25) is 0 Å². The van der Waals surface area contributed by atoms with Crippen molar-refractivity contribution in [1.29, 1.82) is 0 Å². The van der Waals surface area contributed by atoms with Gasteiger partial charge in [0, 0.05) is 0 Å². The minimum atomic E-state index is -3.23. The molecule has 4 aromatic carbocycles. The van der Waals surface area contributed by atoms with E-state index in [9.17, 15) is 0 Å². The maximum atomic E-state index is 6.68. The third kappa shape index (κ3) is 10.0. The molecular formula is C51H60Cl6Zr. The maximum absolute atomic E-state index is 6.68. The number of alkyl halides is 4. The van der Waals surface area contributed by atoms with Gasteiger partial charge in [-0.05, 0) is 0 Å². The fourth-order valence-electron chi connectivity index (χ4n) is 8.92. The number of fused-ring (bicyclic) bond motifs is 3. The SMILES string of the molecule is CC(C)(C)c1cc2c(cc1C(C)(C)C)-c1cc(C(C)(C)C)c(C(C)(C)C)[c]([Zr+2]([C]3=CC=CC3)=[C](c3cc(CCl)cc(CCl)c3)c3cc(CCl)cc(CCl)c3)c1C2.[Cl-].[Cl-]. The van der Waals surface area contributed by atoms with Crippen molar-refractivity contribution in [3.63, 3.8) is 0 Å². The van der Waals surface area contributed by atoms with Crippen molar-refractivity contribution in [2.45, 2.75) is 141 Å². The number of hydrogen-bond donors (Lipinski definition) is 0. The van der Waals surface area contributed by atoms with Crippen LogP contribution in [0.5, 0.6) is 0 Å². The molecule has 0 bridgehead atoms. The zero-order valence-electron chi connectivity index (χ0n) is 36.4. The molecule has 0 aliphatic heterocycles. The summed E-state index contributed by atoms with van der Waals surface area (Å²) in [5.41, 5.74) is 18.3. The Morgan fingerprint density at radius 3 is 1.34 bits per heavy atom. The van der Waals surface area contributed by atoms with Gasteiger partial charge in [-0.15, -0.1) is 0 Å². The van der Waals surface area contributed by atoms with E-state index in [-0.39, 0.29) is 46.5 Å². The molecule has 0 unspecified atom stereocenters. The Hall–Kier alpha value is -1.15. The molecular weight excluding hydrogens is 917 g/mol. The summed E-state index contributed by atoms with van der Waals surface area (Å²) in [7, 11) is 0. The van der Waals surface area contributed by atoms with Crippen LogP contribution in [-0.2, 0) is 72.9 Å². The summed E-state index contributed by atoms with van der Waals surface area (Å²) in [6.07, 6.45) is 8.99. The third-order valence-electron chi connectivity index (χ3n) is 11.4. The molecule has 0 atom stereocenters. The minimum Gasteiger partial charge on any atom is -1.00 e. The second kappa shape index (κ2) is 18.7. The fraction of sp³-hybridized carbons (Fsp3) is 0.431. The van der Waals surface area contributed by atoms with E-state index in [0.29, 0.717) is 23.5 Å². The van der Waals surface area contributed by atoms with E-state index in [0.717, 1.165) is 35.1 Å². The molecule has 4 aromatic rings. The Labute approximate surface area is 390 Å². The Bertz CT molecular complexity index is 2180. The standard InChI is InChI=1S/C29H41.C17H14Cl4.C5H5.2ClH.Zr/c1-26(2,3)22-14-18-13-19-15-23(27(4,5)6)25(29(10,11)12)17-21(19)20(18)16-24(22)28(7,8)9;18-8-14-2-12(3-15(6-14)9-19)1-13-4-16(10-20)7-17(5-13)11-21;1-2-4-5-3-1;;;/h14,16-17H,13H2,1-12H3;2-7H,8-11H2;1-3H,4H2;2*1H;/q;;;;;+2/p-2. The predicted octanol–water partition coefficient (Wildman–Crippen LogP) is 8.77. The van der Waals surface area contributed by atoms with E-state index in [1.807, 2.05) is 0 Å². The van der Waals surface area contributed by atoms with Crippen LogP contribution in [0.4, 0.5) is 0 Å². The largest absolute Gasteiger partial charge is 1.00 e. The molecule has 2 aliphatic rings. The van der Waals surface area contributed by atoms with Crippen molar-refractivity contribution >= 4 is 52.9 Å². The summed E-state index contributed by atoms with van der Waals surface area (Å²) in [6.45, 7) is 28.7. The molecule has 0 heterocycles. The van der Waals surface area contributed by atoms with Crippen molar-refractivity contribution < 1.29 is 46.1 Å². The molecule has 0 spiro atoms. The van der Waals surface area contributed by atoms with E-state index in [1.54, 1.807) is 6.55 Å². The van der Waals surface area contributed by atoms with Gasteiger partial charge >= 0.3 is 369 Å². The van der Waals surface area contributed by atoms with E-state index in [2.05, 4.69) is 156 Å². The van der Waals surface area contributed by atoms with Crippen LogP contribution in [-0.4, -0.2) is 3.21 Å². The van der Waals surface area contributed by atoms with Crippen molar-refractivity contribution in [3.8, 4) is 11.1 Å². The van der Waals surface area contributed by atoms with Crippen LogP contribution in [0.25, 0.3) is 11.1 Å². The van der Waals surface area contributed by atoms with Crippen LogP contribution in [0.3, 0.4) is 0 Å². The van der Waals surface area contributed by atoms with Crippen LogP contribution < -0.4 is 28.1 Å². The van der Waals surface area contributed by atoms with Gasteiger partial charge in [-0.2, -0.15) is 0 Å². The molecule has 0 aromatic heterocycles. The number of rotatable bonds is 8. The Kier molecular flexibility index (Phi) is 15.9. The first-order valence-electron chi connectivity index (χ1n) is 20.1. The molecule has 2 aliphatic carbocycles. The molecule has 310 valence electrons. The summed E-state index contributed by atoms with van der Waals surface area (Å²) in [5.74, 6) is 1.69. The van der Waals surface area contributed by atoms with Crippen LogP contribution >= 0.6 is 46.4 Å². The van der Waals surface area contributed by atoms with Gasteiger partial charge in [0.2, 0.25) is 0 Å². The summed E-state index contributed by atoms with van der Waals surface area (Å²) >= 11 is 23.5. The van der Waals surface area contributed by atoms with Gasteiger partial charge in [-0.1, -0.05) is 0 Å². The zero-order chi connectivity index (χ0) is 41.1. The van der Waals surface area contributed by atoms with Gasteiger partial charge in [0.25, 0.3) is 0 Å². The molecule has 0 nitrogen and oxygen atoms in total. The second-order valence-corrected chi connectivity index (χ2v) is 27.1. The third-order valence-corrected chi connectivity index (χ3v) is 20.4. The average Bonchev–Trinajstić information content (AvgIpc) is 3.79. The van der Waals surface area contributed by atoms with Crippen LogP contribution in [0.2, 0.25) is 0 Å². The van der Waals surface area contributed by atoms with Crippen molar-refractivity contribution in [2.24, 2.45) is 0 Å². The summed E-state index contributed by atoms with van der Waals surface area (Å²) in [4.78, 5) is 0. The summed E-state index contributed by atoms with van der Waals surface area (Å²) in [6, 6.07) is 21.4. The van der Waals surface area contributed by atoms with Crippen LogP contribution in [0.1, 0.15) is 156 Å². The zero-order valence-corrected chi connectivity index (χ0v) is 43.4. The molecule has 0 amide bonds. The maximum Gasteiger partial charge on any atom is -1.00 e. The first-order chi connectivity index (χ1) is 26.1. The molecule has 6 rings (SSSR count). The number of halogens is 6. The molecule has 58 heavy (non-hydrogen) atoms. The monoisotopic (exact) mass is 972 g/mol. The quantitative estimate of drug-likeness (QED) is 0.137. The molecule has 0 fully saturated rings. The Balaban J connectivity index is 0.00000372. The van der Waals surface area contributed by atoms with Gasteiger partial charge in [-0.25, -0.2) is 0 Å². The first kappa shape index (κ1) is 49.5. The first-order valence-corrected chi connectivity index (χ1v) is 25.9. The topological polar surface area (TPSA) is 0 Å². The van der Waals surface area contributed by atoms with Gasteiger partial charge < -0.3 is 24.8 Å². The molecule has 0 saturated heterocycles. The van der Waals surface area contributed by atoms with Crippen molar-refractivity contribution in [1.82, 2.24) is 0 Å². The van der Waals surface area contributed by atoms with E-state index >= 15 is 0 Å². The molecule has 0 radical (unpaired) electrons. The smallest absolute Gasteiger partial charge is 1.00 e. The number of allylic oxidation sites excluding steroid dienone is 4. The van der Waals surface area contributed by atoms with E-state index < -0.39 is 21.3 Å². The molecule has 0 saturated carbocycles. The van der Waals surface area contributed by atoms with Gasteiger partial charge in [0.1, 0.15) is 0 Å². The van der Waals surface area contributed by atoms with Gasteiger partial charge in [0.15, 0.2) is 0 Å². The predicted molar refractivity (Wildman–Crippen MR) is 245 cm³/mol.